The van der Waals surface area contributed by atoms with Gasteiger partial charge < -0.3 is 29.2 Å². The number of hydrogen-bond acceptors (Lipinski definition) is 14. The van der Waals surface area contributed by atoms with Gasteiger partial charge in [-0.05, 0) is 36.4 Å². The van der Waals surface area contributed by atoms with Gasteiger partial charge in [-0.2, -0.15) is 0 Å². The molecule has 2 aliphatic heterocycles. The molecule has 1 unspecified atom stereocenters. The van der Waals surface area contributed by atoms with E-state index in [4.69, 9.17) is 18.9 Å². The summed E-state index contributed by atoms with van der Waals surface area (Å²) in [6.07, 6.45) is -2.53. The first-order valence-corrected chi connectivity index (χ1v) is 12.9. The molecule has 0 bridgehead atoms. The molecule has 0 aliphatic carbocycles. The predicted molar refractivity (Wildman–Crippen MR) is 157 cm³/mol. The largest absolute Gasteiger partial charge is 0.611 e. The minimum Gasteiger partial charge on any atom is -0.388 e. The first kappa shape index (κ1) is 27.8. The Balaban J connectivity index is 1.62. The number of hydrogen-bond donors (Lipinski definition) is 1. The molecule has 16 nitrogen and oxygen atoms in total. The van der Waals surface area contributed by atoms with Gasteiger partial charge in [0.15, 0.2) is 23.0 Å². The lowest BCUT2D eigenvalue weighted by molar-refractivity contribution is -0.385. The van der Waals surface area contributed by atoms with E-state index in [1.54, 1.807) is 43.4 Å². The molecule has 222 valence electrons. The Morgan fingerprint density at radius 1 is 0.636 bits per heavy atom. The number of fused-ring (bicyclic) bond motifs is 4. The van der Waals surface area contributed by atoms with E-state index in [0.717, 1.165) is 0 Å². The summed E-state index contributed by atoms with van der Waals surface area (Å²) in [7, 11) is 5.36. The number of azo groups is 2. The molecule has 2 aliphatic rings. The zero-order valence-corrected chi connectivity index (χ0v) is 23.3. The molecule has 16 heteroatoms. The summed E-state index contributed by atoms with van der Waals surface area (Å²) in [5.41, 5.74) is 1.18. The van der Waals surface area contributed by atoms with Crippen LogP contribution in [0.5, 0.6) is 23.0 Å². The van der Waals surface area contributed by atoms with Crippen molar-refractivity contribution in [1.82, 2.24) is 0 Å². The summed E-state index contributed by atoms with van der Waals surface area (Å²) >= 11 is 0. The number of ether oxygens (including phenoxy) is 4. The second-order valence-electron chi connectivity index (χ2n) is 9.61. The number of rotatable bonds is 4. The van der Waals surface area contributed by atoms with Crippen molar-refractivity contribution in [1.29, 1.82) is 0 Å². The van der Waals surface area contributed by atoms with Crippen LogP contribution in [0.3, 0.4) is 0 Å². The second kappa shape index (κ2) is 10.8. The molecule has 2 heterocycles. The lowest BCUT2D eigenvalue weighted by Crippen LogP contribution is -2.53. The highest BCUT2D eigenvalue weighted by Gasteiger charge is 2.47. The van der Waals surface area contributed by atoms with Gasteiger partial charge in [0.1, 0.15) is 22.7 Å². The Bertz CT molecular complexity index is 1870. The van der Waals surface area contributed by atoms with Gasteiger partial charge in [0.05, 0.1) is 9.85 Å². The normalized spacial score (nSPS) is 16.2. The molecular formula is C28H22N8O8. The fraction of sp³-hybridized carbons (Fsp3) is 0.143. The number of nitro benzene ring substituents is 2. The summed E-state index contributed by atoms with van der Waals surface area (Å²) < 4.78 is 25.4. The van der Waals surface area contributed by atoms with E-state index in [0.29, 0.717) is 11.4 Å². The van der Waals surface area contributed by atoms with Crippen molar-refractivity contribution in [2.24, 2.45) is 20.5 Å². The average Bonchev–Trinajstić information content (AvgIpc) is 3.10. The molecule has 0 saturated carbocycles. The summed E-state index contributed by atoms with van der Waals surface area (Å²) in [4.78, 5) is 23.8. The van der Waals surface area contributed by atoms with Crippen LogP contribution in [-0.4, -0.2) is 37.1 Å². The zero-order valence-electron chi connectivity index (χ0n) is 23.3. The summed E-state index contributed by atoms with van der Waals surface area (Å²) in [6.45, 7) is 0. The summed E-state index contributed by atoms with van der Waals surface area (Å²) in [5.74, 6) is 0.0840. The lowest BCUT2D eigenvalue weighted by atomic mass is 10.2. The highest BCUT2D eigenvalue weighted by Crippen LogP contribution is 2.46. The van der Waals surface area contributed by atoms with Gasteiger partial charge >= 0.3 is 6.16 Å². The molecule has 4 aromatic carbocycles. The average molecular weight is 599 g/mol. The molecule has 1 N–H and O–H groups in total. The van der Waals surface area contributed by atoms with E-state index in [-0.39, 0.29) is 57.1 Å². The second-order valence-corrected chi connectivity index (χ2v) is 9.61. The maximum absolute atomic E-state index is 11.6. The van der Waals surface area contributed by atoms with Crippen LogP contribution in [0.15, 0.2) is 93.3 Å². The molecule has 0 amide bonds. The third-order valence-electron chi connectivity index (χ3n) is 6.49. The molecule has 1 spiro atoms. The fourth-order valence-corrected chi connectivity index (χ4v) is 4.23. The maximum Gasteiger partial charge on any atom is 0.611 e. The fourth-order valence-electron chi connectivity index (χ4n) is 4.23. The van der Waals surface area contributed by atoms with E-state index < -0.39 is 16.0 Å². The molecule has 1 atom stereocenters. The maximum atomic E-state index is 11.6. The first-order chi connectivity index (χ1) is 21.1. The van der Waals surface area contributed by atoms with Gasteiger partial charge in [0.2, 0.25) is 0 Å². The van der Waals surface area contributed by atoms with Crippen molar-refractivity contribution in [2.75, 3.05) is 31.4 Å². The molecule has 0 radical (unpaired) electrons. The molecule has 0 fully saturated rings. The Labute approximate surface area is 248 Å². The van der Waals surface area contributed by atoms with E-state index in [9.17, 15) is 20.2 Å². The van der Waals surface area contributed by atoms with Crippen LogP contribution in [0.4, 0.5) is 45.5 Å². The van der Waals surface area contributed by atoms with Crippen LogP contribution >= 0.6 is 0 Å². The quantitative estimate of drug-likeness (QED) is 0.184. The van der Waals surface area contributed by atoms with Crippen molar-refractivity contribution >= 4 is 45.5 Å². The van der Waals surface area contributed by atoms with Gasteiger partial charge in [-0.25, -0.2) is 0 Å². The van der Waals surface area contributed by atoms with Gasteiger partial charge in [0, 0.05) is 68.9 Å². The van der Waals surface area contributed by atoms with Gasteiger partial charge in [0.25, 0.3) is 11.4 Å². The number of nitrogens with zero attached hydrogens (tertiary/aromatic N) is 7. The third-order valence-corrected chi connectivity index (χ3v) is 6.49. The zero-order chi connectivity index (χ0) is 31.0. The van der Waals surface area contributed by atoms with Crippen molar-refractivity contribution in [3.05, 3.63) is 93.0 Å². The van der Waals surface area contributed by atoms with Crippen molar-refractivity contribution in [3.63, 3.8) is 0 Å². The van der Waals surface area contributed by atoms with Gasteiger partial charge in [-0.3, -0.25) is 20.2 Å². The van der Waals surface area contributed by atoms with E-state index in [1.807, 2.05) is 19.0 Å². The van der Waals surface area contributed by atoms with Crippen LogP contribution in [-0.2, 0) is 0 Å². The van der Waals surface area contributed by atoms with Crippen LogP contribution in [0.1, 0.15) is 0 Å². The van der Waals surface area contributed by atoms with Crippen LogP contribution in [0.2, 0.25) is 0 Å². The Hall–Kier alpha value is -6.32. The summed E-state index contributed by atoms with van der Waals surface area (Å²) in [6, 6.07) is 17.3. The minimum absolute atomic E-state index is 0.0266. The monoisotopic (exact) mass is 598 g/mol. The Kier molecular flexibility index (Phi) is 6.85. The van der Waals surface area contributed by atoms with E-state index >= 15 is 0 Å². The van der Waals surface area contributed by atoms with Crippen molar-refractivity contribution < 1.29 is 28.8 Å². The smallest absolute Gasteiger partial charge is 0.388 e. The molecular weight excluding hydrogens is 576 g/mol. The highest BCUT2D eigenvalue weighted by atomic mass is 17.0. The minimum atomic E-state index is -2.53. The van der Waals surface area contributed by atoms with Gasteiger partial charge in [-0.15, -0.1) is 20.5 Å². The number of anilines is 2. The van der Waals surface area contributed by atoms with E-state index in [1.165, 1.54) is 36.4 Å². The Morgan fingerprint density at radius 3 is 1.61 bits per heavy atom. The molecule has 44 heavy (non-hydrogen) atoms. The predicted octanol–water partition coefficient (Wildman–Crippen LogP) is 7.30. The topological polar surface area (TPSA) is 188 Å². The molecule has 4 aromatic rings. The summed E-state index contributed by atoms with van der Waals surface area (Å²) in [5, 5.41) is 43.1. The van der Waals surface area contributed by atoms with E-state index in [2.05, 4.69) is 25.8 Å². The lowest BCUT2D eigenvalue weighted by Gasteiger charge is -2.32. The standard InChI is InChI=1S/C28H22N8O8/c1-29-16-4-8-20-26(12-16)43-28(41-24-10-6-18(35(37)38)13-22(24)32-30-20)42-25-11-7-19(36(39)40)14-23(25)33-31-21-9-5-17(34(2)3)15-27(21)44-28/h4-15,29H,1-3H3. The van der Waals surface area contributed by atoms with Crippen molar-refractivity contribution in [3.8, 4) is 23.0 Å². The molecule has 6 rings (SSSR count). The molecule has 0 aromatic heterocycles. The van der Waals surface area contributed by atoms with Crippen LogP contribution in [0.25, 0.3) is 0 Å². The number of nitrogens with one attached hydrogen (secondary N) is 1. The highest BCUT2D eigenvalue weighted by molar-refractivity contribution is 5.65. The third kappa shape index (κ3) is 5.34. The van der Waals surface area contributed by atoms with Crippen LogP contribution < -0.4 is 29.2 Å². The molecule has 0 saturated heterocycles. The van der Waals surface area contributed by atoms with Crippen molar-refractivity contribution in [2.45, 2.75) is 6.16 Å². The number of non-ortho nitro benzene ring substituents is 2. The SMILES string of the molecule is CNc1ccc2c(c1)OC1(Oc3ccc([N+](=O)[O-])cc3N=N2)Oc2ccc([N+](=O)[O-])cc2N=Nc2ccc(N(C)C)cc2O1. The number of benzene rings is 4. The van der Waals surface area contributed by atoms with Crippen LogP contribution in [0, 0.1) is 20.2 Å². The number of nitro groups is 2. The first-order valence-electron chi connectivity index (χ1n) is 12.9. The van der Waals surface area contributed by atoms with Gasteiger partial charge in [-0.1, -0.05) is 0 Å². The Morgan fingerprint density at radius 2 is 1.11 bits per heavy atom.